The Morgan fingerprint density at radius 3 is 2.68 bits per heavy atom. The molecule has 2 nitrogen and oxygen atoms in total. The van der Waals surface area contributed by atoms with Crippen molar-refractivity contribution in [2.24, 2.45) is 0 Å². The monoisotopic (exact) mass is 269 g/mol. The molecular weight excluding hydrogens is 254 g/mol. The smallest absolute Gasteiger partial charge is 0.125 e. The van der Waals surface area contributed by atoms with Gasteiger partial charge < -0.3 is 9.73 Å². The van der Waals surface area contributed by atoms with E-state index in [4.69, 9.17) is 4.42 Å². The second-order valence-electron chi connectivity index (χ2n) is 4.40. The van der Waals surface area contributed by atoms with E-state index in [1.165, 1.54) is 10.4 Å². The van der Waals surface area contributed by atoms with E-state index < -0.39 is 0 Å². The molecule has 2 heterocycles. The molecule has 1 unspecified atom stereocenters. The highest BCUT2D eigenvalue weighted by Crippen LogP contribution is 2.33. The van der Waals surface area contributed by atoms with Gasteiger partial charge in [0.25, 0.3) is 0 Å². The van der Waals surface area contributed by atoms with Crippen molar-refractivity contribution in [3.05, 3.63) is 65.9 Å². The van der Waals surface area contributed by atoms with Crippen LogP contribution in [0.4, 0.5) is 5.69 Å². The number of nitrogens with one attached hydrogen (secondary N) is 1. The molecule has 96 valence electrons. The van der Waals surface area contributed by atoms with Crippen LogP contribution in [0.25, 0.3) is 10.4 Å². The van der Waals surface area contributed by atoms with Gasteiger partial charge in [-0.15, -0.1) is 11.3 Å². The van der Waals surface area contributed by atoms with Gasteiger partial charge in [0.1, 0.15) is 5.76 Å². The van der Waals surface area contributed by atoms with Gasteiger partial charge in [0.15, 0.2) is 0 Å². The van der Waals surface area contributed by atoms with Crippen LogP contribution in [0.5, 0.6) is 0 Å². The summed E-state index contributed by atoms with van der Waals surface area (Å²) in [5.74, 6) is 0.945. The molecule has 3 rings (SSSR count). The van der Waals surface area contributed by atoms with Gasteiger partial charge in [-0.2, -0.15) is 0 Å². The summed E-state index contributed by atoms with van der Waals surface area (Å²) in [5, 5.41) is 5.61. The van der Waals surface area contributed by atoms with Crippen molar-refractivity contribution < 1.29 is 4.42 Å². The van der Waals surface area contributed by atoms with E-state index in [-0.39, 0.29) is 6.04 Å². The molecule has 0 aliphatic rings. The highest BCUT2D eigenvalue weighted by molar-refractivity contribution is 7.13. The molecule has 0 fully saturated rings. The molecule has 1 atom stereocenters. The maximum absolute atomic E-state index is 5.44. The molecule has 3 aromatic rings. The van der Waals surface area contributed by atoms with Crippen LogP contribution >= 0.6 is 11.3 Å². The minimum Gasteiger partial charge on any atom is -0.467 e. The maximum atomic E-state index is 5.44. The Hall–Kier alpha value is -2.00. The fourth-order valence-corrected chi connectivity index (χ4v) is 2.86. The third-order valence-electron chi connectivity index (χ3n) is 3.06. The largest absolute Gasteiger partial charge is 0.467 e. The minimum atomic E-state index is 0.149. The normalized spacial score (nSPS) is 12.3. The van der Waals surface area contributed by atoms with Crippen molar-refractivity contribution in [1.82, 2.24) is 0 Å². The highest BCUT2D eigenvalue weighted by Gasteiger charge is 2.11. The van der Waals surface area contributed by atoms with Gasteiger partial charge in [-0.1, -0.05) is 24.3 Å². The molecule has 2 aromatic heterocycles. The van der Waals surface area contributed by atoms with Gasteiger partial charge in [-0.05, 0) is 36.6 Å². The third-order valence-corrected chi connectivity index (χ3v) is 3.96. The quantitative estimate of drug-likeness (QED) is 0.706. The Bertz CT molecular complexity index is 629. The van der Waals surface area contributed by atoms with E-state index in [0.29, 0.717) is 0 Å². The average molecular weight is 269 g/mol. The van der Waals surface area contributed by atoms with Crippen LogP contribution in [0.15, 0.2) is 64.6 Å². The lowest BCUT2D eigenvalue weighted by molar-refractivity contribution is 0.490. The standard InChI is InChI=1S/C16H15NOS/c1-12(15-8-4-10-18-15)17-14-7-3-2-6-13(14)16-9-5-11-19-16/h2-12,17H,1H3. The first kappa shape index (κ1) is 12.1. The number of para-hydroxylation sites is 1. The van der Waals surface area contributed by atoms with Gasteiger partial charge in [0.2, 0.25) is 0 Å². The van der Waals surface area contributed by atoms with Crippen LogP contribution in [0.2, 0.25) is 0 Å². The lowest BCUT2D eigenvalue weighted by atomic mass is 10.1. The van der Waals surface area contributed by atoms with E-state index in [9.17, 15) is 0 Å². The molecule has 1 aromatic carbocycles. The maximum Gasteiger partial charge on any atom is 0.125 e. The first-order valence-corrected chi connectivity index (χ1v) is 7.15. The van der Waals surface area contributed by atoms with Crippen molar-refractivity contribution in [2.45, 2.75) is 13.0 Å². The molecule has 1 N–H and O–H groups in total. The molecule has 19 heavy (non-hydrogen) atoms. The van der Waals surface area contributed by atoms with Crippen LogP contribution in [-0.2, 0) is 0 Å². The molecule has 0 radical (unpaired) electrons. The lowest BCUT2D eigenvalue weighted by Gasteiger charge is -2.15. The number of hydrogen-bond acceptors (Lipinski definition) is 3. The van der Waals surface area contributed by atoms with Gasteiger partial charge in [0, 0.05) is 16.1 Å². The van der Waals surface area contributed by atoms with Gasteiger partial charge >= 0.3 is 0 Å². The van der Waals surface area contributed by atoms with Crippen molar-refractivity contribution in [3.8, 4) is 10.4 Å². The molecule has 0 amide bonds. The zero-order valence-corrected chi connectivity index (χ0v) is 11.5. The summed E-state index contributed by atoms with van der Waals surface area (Å²) < 4.78 is 5.44. The number of hydrogen-bond donors (Lipinski definition) is 1. The summed E-state index contributed by atoms with van der Waals surface area (Å²) in [7, 11) is 0. The van der Waals surface area contributed by atoms with E-state index in [0.717, 1.165) is 11.4 Å². The zero-order chi connectivity index (χ0) is 13.1. The summed E-state index contributed by atoms with van der Waals surface area (Å²) in [5.41, 5.74) is 2.37. The second kappa shape index (κ2) is 5.33. The molecule has 3 heteroatoms. The SMILES string of the molecule is CC(Nc1ccccc1-c1cccs1)c1ccco1. The van der Waals surface area contributed by atoms with Crippen LogP contribution in [0.3, 0.4) is 0 Å². The van der Waals surface area contributed by atoms with Crippen molar-refractivity contribution in [1.29, 1.82) is 0 Å². The molecular formula is C16H15NOS. The first-order valence-electron chi connectivity index (χ1n) is 6.27. The summed E-state index contributed by atoms with van der Waals surface area (Å²) in [6.45, 7) is 2.10. The molecule has 0 aliphatic heterocycles. The van der Waals surface area contributed by atoms with Crippen LogP contribution < -0.4 is 5.32 Å². The van der Waals surface area contributed by atoms with Crippen LogP contribution in [0, 0.1) is 0 Å². The molecule has 0 bridgehead atoms. The Morgan fingerprint density at radius 2 is 1.95 bits per heavy atom. The average Bonchev–Trinajstić information content (AvgIpc) is 3.13. The van der Waals surface area contributed by atoms with Gasteiger partial charge in [0.05, 0.1) is 12.3 Å². The third kappa shape index (κ3) is 2.56. The van der Waals surface area contributed by atoms with E-state index in [2.05, 4.69) is 48.0 Å². The Kier molecular flexibility index (Phi) is 3.38. The first-order chi connectivity index (χ1) is 9.34. The van der Waals surface area contributed by atoms with Gasteiger partial charge in [-0.25, -0.2) is 0 Å². The lowest BCUT2D eigenvalue weighted by Crippen LogP contribution is -2.06. The fourth-order valence-electron chi connectivity index (χ4n) is 2.10. The number of furan rings is 1. The Labute approximate surface area is 116 Å². The van der Waals surface area contributed by atoms with E-state index in [1.807, 2.05) is 18.2 Å². The van der Waals surface area contributed by atoms with Crippen LogP contribution in [-0.4, -0.2) is 0 Å². The van der Waals surface area contributed by atoms with Crippen molar-refractivity contribution in [2.75, 3.05) is 5.32 Å². The fraction of sp³-hybridized carbons (Fsp3) is 0.125. The summed E-state index contributed by atoms with van der Waals surface area (Å²) in [6, 6.07) is 16.6. The molecule has 0 saturated carbocycles. The summed E-state index contributed by atoms with van der Waals surface area (Å²) in [4.78, 5) is 1.27. The number of anilines is 1. The predicted octanol–water partition coefficient (Wildman–Crippen LogP) is 5.18. The summed E-state index contributed by atoms with van der Waals surface area (Å²) in [6.07, 6.45) is 1.71. The molecule has 0 aliphatic carbocycles. The van der Waals surface area contributed by atoms with Crippen molar-refractivity contribution in [3.63, 3.8) is 0 Å². The topological polar surface area (TPSA) is 25.2 Å². The number of benzene rings is 1. The molecule has 0 spiro atoms. The Morgan fingerprint density at radius 1 is 1.05 bits per heavy atom. The predicted molar refractivity (Wildman–Crippen MR) is 80.5 cm³/mol. The minimum absolute atomic E-state index is 0.149. The van der Waals surface area contributed by atoms with E-state index in [1.54, 1.807) is 17.6 Å². The van der Waals surface area contributed by atoms with Gasteiger partial charge in [-0.3, -0.25) is 0 Å². The van der Waals surface area contributed by atoms with Crippen LogP contribution in [0.1, 0.15) is 18.7 Å². The van der Waals surface area contributed by atoms with E-state index >= 15 is 0 Å². The zero-order valence-electron chi connectivity index (χ0n) is 10.7. The summed E-state index contributed by atoms with van der Waals surface area (Å²) >= 11 is 1.75. The molecule has 0 saturated heterocycles. The second-order valence-corrected chi connectivity index (χ2v) is 5.35. The number of rotatable bonds is 4. The van der Waals surface area contributed by atoms with Crippen molar-refractivity contribution >= 4 is 17.0 Å². The Balaban J connectivity index is 1.89. The highest BCUT2D eigenvalue weighted by atomic mass is 32.1. The number of thiophene rings is 1.